The van der Waals surface area contributed by atoms with Crippen LogP contribution in [0.2, 0.25) is 0 Å². The molecule has 11 heteroatoms. The van der Waals surface area contributed by atoms with Gasteiger partial charge in [-0.3, -0.25) is 4.57 Å². The van der Waals surface area contributed by atoms with E-state index >= 15 is 0 Å². The van der Waals surface area contributed by atoms with Crippen LogP contribution >= 0.6 is 0 Å². The van der Waals surface area contributed by atoms with Crippen molar-refractivity contribution in [2.45, 2.75) is 31.7 Å². The van der Waals surface area contributed by atoms with Crippen molar-refractivity contribution in [3.8, 4) is 11.9 Å². The zero-order valence-electron chi connectivity index (χ0n) is 13.0. The number of pyridine rings is 1. The molecule has 3 heterocycles. The molecular weight excluding hydrogens is 345 g/mol. The van der Waals surface area contributed by atoms with Gasteiger partial charge >= 0.3 is 18.0 Å². The average Bonchev–Trinajstić information content (AvgIpc) is 2.96. The number of hydrogen-bond acceptors (Lipinski definition) is 6. The first-order valence-electron chi connectivity index (χ1n) is 7.24. The van der Waals surface area contributed by atoms with Gasteiger partial charge in [0.25, 0.3) is 0 Å². The van der Waals surface area contributed by atoms with Crippen molar-refractivity contribution in [1.29, 1.82) is 0 Å². The van der Waals surface area contributed by atoms with Gasteiger partial charge in [-0.15, -0.1) is 0 Å². The van der Waals surface area contributed by atoms with Crippen LogP contribution in [0.1, 0.15) is 19.0 Å². The second-order valence-electron chi connectivity index (χ2n) is 5.78. The number of aromatic nitrogens is 3. The predicted molar refractivity (Wildman–Crippen MR) is 77.3 cm³/mol. The lowest BCUT2D eigenvalue weighted by atomic mass is 10.0. The summed E-state index contributed by atoms with van der Waals surface area (Å²) in [4.78, 5) is 17.3. The first-order valence-corrected chi connectivity index (χ1v) is 7.24. The summed E-state index contributed by atoms with van der Waals surface area (Å²) in [6, 6.07) is 3.43. The SMILES string of the molecule is CC1(COc2cccc(C(F)(F)F)n2)CCn2cc([N+](=O)[O-])nc2O1. The molecule has 2 aromatic heterocycles. The van der Waals surface area contributed by atoms with Gasteiger partial charge < -0.3 is 19.6 Å². The summed E-state index contributed by atoms with van der Waals surface area (Å²) in [5.41, 5.74) is -1.95. The molecule has 1 aliphatic heterocycles. The Labute approximate surface area is 139 Å². The zero-order valence-corrected chi connectivity index (χ0v) is 13.0. The summed E-state index contributed by atoms with van der Waals surface area (Å²) >= 11 is 0. The number of nitro groups is 1. The van der Waals surface area contributed by atoms with Crippen molar-refractivity contribution in [3.05, 3.63) is 40.2 Å². The predicted octanol–water partition coefficient (Wildman–Crippen LogP) is 2.83. The Morgan fingerprint density at radius 2 is 2.20 bits per heavy atom. The monoisotopic (exact) mass is 358 g/mol. The number of halogens is 3. The molecule has 0 saturated carbocycles. The largest absolute Gasteiger partial charge is 0.473 e. The number of aryl methyl sites for hydroxylation is 1. The Morgan fingerprint density at radius 1 is 1.44 bits per heavy atom. The van der Waals surface area contributed by atoms with Gasteiger partial charge in [0.1, 0.15) is 24.1 Å². The molecule has 25 heavy (non-hydrogen) atoms. The third kappa shape index (κ3) is 3.64. The summed E-state index contributed by atoms with van der Waals surface area (Å²) in [7, 11) is 0. The first-order chi connectivity index (χ1) is 11.7. The van der Waals surface area contributed by atoms with Crippen LogP contribution in [0.25, 0.3) is 0 Å². The Balaban J connectivity index is 1.70. The van der Waals surface area contributed by atoms with Crippen molar-refractivity contribution in [2.75, 3.05) is 6.61 Å². The second kappa shape index (κ2) is 5.90. The summed E-state index contributed by atoms with van der Waals surface area (Å²) in [5, 5.41) is 10.8. The van der Waals surface area contributed by atoms with E-state index in [1.54, 1.807) is 6.92 Å². The minimum absolute atomic E-state index is 0.0704. The van der Waals surface area contributed by atoms with E-state index in [9.17, 15) is 23.3 Å². The maximum Gasteiger partial charge on any atom is 0.433 e. The van der Waals surface area contributed by atoms with Crippen LogP contribution in [0.3, 0.4) is 0 Å². The molecule has 8 nitrogen and oxygen atoms in total. The smallest absolute Gasteiger partial charge is 0.433 e. The number of imidazole rings is 1. The maximum absolute atomic E-state index is 12.7. The van der Waals surface area contributed by atoms with Gasteiger partial charge in [-0.05, 0) is 17.9 Å². The van der Waals surface area contributed by atoms with E-state index < -0.39 is 22.4 Å². The van der Waals surface area contributed by atoms with Crippen molar-refractivity contribution in [3.63, 3.8) is 0 Å². The van der Waals surface area contributed by atoms with E-state index in [2.05, 4.69) is 9.97 Å². The van der Waals surface area contributed by atoms with E-state index in [1.807, 2.05) is 0 Å². The summed E-state index contributed by atoms with van der Waals surface area (Å²) in [6.45, 7) is 2.01. The molecule has 0 amide bonds. The molecule has 0 spiro atoms. The lowest BCUT2D eigenvalue weighted by molar-refractivity contribution is -0.389. The van der Waals surface area contributed by atoms with E-state index in [1.165, 1.54) is 22.9 Å². The molecule has 134 valence electrons. The fourth-order valence-corrected chi connectivity index (χ4v) is 2.32. The van der Waals surface area contributed by atoms with Crippen LogP contribution in [0.15, 0.2) is 24.4 Å². The quantitative estimate of drug-likeness (QED) is 0.616. The fourth-order valence-electron chi connectivity index (χ4n) is 2.32. The zero-order chi connectivity index (χ0) is 18.2. The molecule has 0 bridgehead atoms. The Hall–Kier alpha value is -2.85. The molecule has 0 radical (unpaired) electrons. The topological polar surface area (TPSA) is 92.3 Å². The molecule has 0 N–H and O–H groups in total. The summed E-state index contributed by atoms with van der Waals surface area (Å²) < 4.78 is 50.5. The molecule has 3 rings (SSSR count). The first kappa shape index (κ1) is 17.0. The van der Waals surface area contributed by atoms with Gasteiger partial charge in [0, 0.05) is 24.0 Å². The number of nitrogens with zero attached hydrogens (tertiary/aromatic N) is 4. The van der Waals surface area contributed by atoms with Crippen LogP contribution in [0.5, 0.6) is 11.9 Å². The Bertz CT molecular complexity index is 808. The molecule has 0 aromatic carbocycles. The van der Waals surface area contributed by atoms with Crippen LogP contribution in [-0.2, 0) is 12.7 Å². The number of fused-ring (bicyclic) bond motifs is 1. The molecule has 2 aromatic rings. The van der Waals surface area contributed by atoms with Gasteiger partial charge in [0.05, 0.1) is 0 Å². The minimum Gasteiger partial charge on any atom is -0.473 e. The van der Waals surface area contributed by atoms with Gasteiger partial charge in [0.15, 0.2) is 0 Å². The minimum atomic E-state index is -4.56. The molecule has 1 atom stereocenters. The van der Waals surface area contributed by atoms with Gasteiger partial charge in [-0.25, -0.2) is 4.98 Å². The lowest BCUT2D eigenvalue weighted by Gasteiger charge is -2.32. The number of ether oxygens (including phenoxy) is 2. The van der Waals surface area contributed by atoms with Crippen molar-refractivity contribution < 1.29 is 27.6 Å². The van der Waals surface area contributed by atoms with Crippen molar-refractivity contribution in [1.82, 2.24) is 14.5 Å². The van der Waals surface area contributed by atoms with Crippen molar-refractivity contribution >= 4 is 5.82 Å². The Kier molecular flexibility index (Phi) is 4.01. The van der Waals surface area contributed by atoms with Gasteiger partial charge in [-0.2, -0.15) is 13.2 Å². The maximum atomic E-state index is 12.7. The van der Waals surface area contributed by atoms with Crippen LogP contribution in [0, 0.1) is 10.1 Å². The molecular formula is C14H13F3N4O4. The highest BCUT2D eigenvalue weighted by atomic mass is 19.4. The van der Waals surface area contributed by atoms with Gasteiger partial charge in [-0.1, -0.05) is 6.07 Å². The average molecular weight is 358 g/mol. The molecule has 0 saturated heterocycles. The number of rotatable bonds is 4. The van der Waals surface area contributed by atoms with Crippen molar-refractivity contribution in [2.24, 2.45) is 0 Å². The summed E-state index contributed by atoms with van der Waals surface area (Å²) in [6.07, 6.45) is -2.86. The van der Waals surface area contributed by atoms with E-state index in [4.69, 9.17) is 9.47 Å². The normalized spacial score (nSPS) is 19.8. The second-order valence-corrected chi connectivity index (χ2v) is 5.78. The Morgan fingerprint density at radius 3 is 2.88 bits per heavy atom. The lowest BCUT2D eigenvalue weighted by Crippen LogP contribution is -2.43. The highest BCUT2D eigenvalue weighted by molar-refractivity contribution is 5.22. The molecule has 1 aliphatic rings. The van der Waals surface area contributed by atoms with E-state index in [-0.39, 0.29) is 24.3 Å². The highest BCUT2D eigenvalue weighted by Crippen LogP contribution is 2.31. The van der Waals surface area contributed by atoms with Gasteiger partial charge in [0.2, 0.25) is 5.88 Å². The third-order valence-corrected chi connectivity index (χ3v) is 3.67. The molecule has 0 fully saturated rings. The van der Waals surface area contributed by atoms with Crippen LogP contribution in [0.4, 0.5) is 19.0 Å². The van der Waals surface area contributed by atoms with Crippen LogP contribution in [-0.4, -0.2) is 31.7 Å². The number of hydrogen-bond donors (Lipinski definition) is 0. The van der Waals surface area contributed by atoms with E-state index in [0.29, 0.717) is 13.0 Å². The fraction of sp³-hybridized carbons (Fsp3) is 0.429. The number of alkyl halides is 3. The van der Waals surface area contributed by atoms with E-state index in [0.717, 1.165) is 6.07 Å². The standard InChI is InChI=1S/C14H13F3N4O4/c1-13(5-6-20-7-10(21(22)23)19-12(20)25-13)8-24-11-4-2-3-9(18-11)14(15,16)17/h2-4,7H,5-6,8H2,1H3. The highest BCUT2D eigenvalue weighted by Gasteiger charge is 2.38. The third-order valence-electron chi connectivity index (χ3n) is 3.67. The molecule has 1 unspecified atom stereocenters. The van der Waals surface area contributed by atoms with Crippen LogP contribution < -0.4 is 9.47 Å². The summed E-state index contributed by atoms with van der Waals surface area (Å²) in [5.74, 6) is -0.515. The molecule has 0 aliphatic carbocycles.